The predicted molar refractivity (Wildman–Crippen MR) is 82.0 cm³/mol. The summed E-state index contributed by atoms with van der Waals surface area (Å²) in [5.41, 5.74) is 1.73. The van der Waals surface area contributed by atoms with Gasteiger partial charge in [0, 0.05) is 16.3 Å². The fourth-order valence-corrected chi connectivity index (χ4v) is 2.68. The molecule has 0 bridgehead atoms. The average molecular weight is 309 g/mol. The molecule has 0 atom stereocenters. The third-order valence-corrected chi connectivity index (χ3v) is 4.26. The summed E-state index contributed by atoms with van der Waals surface area (Å²) in [7, 11) is 0. The van der Waals surface area contributed by atoms with Crippen molar-refractivity contribution in [3.05, 3.63) is 64.4 Å². The lowest BCUT2D eigenvalue weighted by Gasteiger charge is -2.05. The fraction of sp³-hybridized carbons (Fsp3) is 0.188. The van der Waals surface area contributed by atoms with Crippen LogP contribution < -0.4 is 0 Å². The number of carbonyl (C=O) groups excluding carboxylic acids is 1. The Balaban J connectivity index is 1.92. The topological polar surface area (TPSA) is 17.1 Å². The van der Waals surface area contributed by atoms with Gasteiger partial charge in [0.1, 0.15) is 11.6 Å². The van der Waals surface area contributed by atoms with Crippen LogP contribution >= 0.6 is 23.4 Å². The summed E-state index contributed by atoms with van der Waals surface area (Å²) < 4.78 is 13.1. The number of hydrogen-bond acceptors (Lipinski definition) is 2. The zero-order valence-corrected chi connectivity index (χ0v) is 12.6. The molecule has 0 aliphatic heterocycles. The molecule has 2 aromatic carbocycles. The Hall–Kier alpha value is -1.32. The molecule has 0 saturated carbocycles. The third-order valence-electron chi connectivity index (χ3n) is 2.82. The number of benzene rings is 2. The first-order valence-corrected chi connectivity index (χ1v) is 7.56. The summed E-state index contributed by atoms with van der Waals surface area (Å²) in [4.78, 5) is 13.0. The van der Waals surface area contributed by atoms with E-state index in [9.17, 15) is 9.18 Å². The molecule has 0 radical (unpaired) electrons. The lowest BCUT2D eigenvalue weighted by atomic mass is 10.1. The minimum absolute atomic E-state index is 0.0306. The Labute approximate surface area is 127 Å². The highest BCUT2D eigenvalue weighted by molar-refractivity contribution is 8.00. The largest absolute Gasteiger partial charge is 0.298 e. The lowest BCUT2D eigenvalue weighted by Crippen LogP contribution is -2.06. The van der Waals surface area contributed by atoms with Gasteiger partial charge in [0.05, 0.1) is 5.75 Å². The van der Waals surface area contributed by atoms with Crippen LogP contribution in [0.15, 0.2) is 47.4 Å². The maximum atomic E-state index is 13.1. The van der Waals surface area contributed by atoms with Crippen LogP contribution in [-0.4, -0.2) is 11.5 Å². The van der Waals surface area contributed by atoms with Crippen LogP contribution in [0.25, 0.3) is 0 Å². The van der Waals surface area contributed by atoms with E-state index in [0.29, 0.717) is 16.3 Å². The van der Waals surface area contributed by atoms with Crippen molar-refractivity contribution in [1.82, 2.24) is 0 Å². The molecule has 1 nitrogen and oxygen atoms in total. The highest BCUT2D eigenvalue weighted by atomic mass is 35.5. The second-order valence-corrected chi connectivity index (χ2v) is 6.01. The van der Waals surface area contributed by atoms with Gasteiger partial charge in [-0.25, -0.2) is 4.39 Å². The molecule has 2 rings (SSSR count). The van der Waals surface area contributed by atoms with E-state index in [2.05, 4.69) is 0 Å². The van der Waals surface area contributed by atoms with Gasteiger partial charge in [-0.1, -0.05) is 29.3 Å². The molecule has 0 aliphatic carbocycles. The molecule has 0 heterocycles. The predicted octanol–water partition coefficient (Wildman–Crippen LogP) is 4.69. The number of thioether (sulfide) groups is 1. The Morgan fingerprint density at radius 3 is 2.60 bits per heavy atom. The number of ketones is 1. The van der Waals surface area contributed by atoms with Gasteiger partial charge in [0.2, 0.25) is 0 Å². The van der Waals surface area contributed by atoms with E-state index in [4.69, 9.17) is 11.6 Å². The summed E-state index contributed by atoms with van der Waals surface area (Å²) in [6, 6.07) is 12.1. The lowest BCUT2D eigenvalue weighted by molar-refractivity contribution is -0.116. The van der Waals surface area contributed by atoms with Gasteiger partial charge in [-0.3, -0.25) is 4.79 Å². The zero-order chi connectivity index (χ0) is 14.5. The quantitative estimate of drug-likeness (QED) is 0.745. The van der Waals surface area contributed by atoms with E-state index in [1.807, 2.05) is 31.2 Å². The van der Waals surface area contributed by atoms with E-state index in [1.54, 1.807) is 0 Å². The van der Waals surface area contributed by atoms with Gasteiger partial charge >= 0.3 is 0 Å². The van der Waals surface area contributed by atoms with Gasteiger partial charge in [-0.15, -0.1) is 11.8 Å². The molecule has 0 fully saturated rings. The molecular formula is C16H14ClFOS. The van der Waals surface area contributed by atoms with Crippen molar-refractivity contribution in [1.29, 1.82) is 0 Å². The molecule has 0 amide bonds. The second kappa shape index (κ2) is 6.91. The number of rotatable bonds is 5. The minimum Gasteiger partial charge on any atom is -0.298 e. The smallest absolute Gasteiger partial charge is 0.147 e. The van der Waals surface area contributed by atoms with Gasteiger partial charge < -0.3 is 0 Å². The molecular weight excluding hydrogens is 295 g/mol. The SMILES string of the molecule is Cc1ccc(SCC(=O)Cc2cc(F)ccc2Cl)cc1. The van der Waals surface area contributed by atoms with Crippen molar-refractivity contribution < 1.29 is 9.18 Å². The molecule has 0 N–H and O–H groups in total. The Morgan fingerprint density at radius 1 is 1.20 bits per heavy atom. The van der Waals surface area contributed by atoms with Crippen molar-refractivity contribution >= 4 is 29.1 Å². The van der Waals surface area contributed by atoms with Crippen LogP contribution in [0.5, 0.6) is 0 Å². The fourth-order valence-electron chi connectivity index (χ4n) is 1.74. The Morgan fingerprint density at radius 2 is 1.90 bits per heavy atom. The van der Waals surface area contributed by atoms with Crippen molar-refractivity contribution in [2.24, 2.45) is 0 Å². The van der Waals surface area contributed by atoms with E-state index in [0.717, 1.165) is 4.90 Å². The molecule has 0 unspecified atom stereocenters. The summed E-state index contributed by atoms with van der Waals surface area (Å²) in [5.74, 6) is 0.0158. The highest BCUT2D eigenvalue weighted by Gasteiger charge is 2.09. The molecule has 104 valence electrons. The maximum absolute atomic E-state index is 13.1. The zero-order valence-electron chi connectivity index (χ0n) is 11.0. The summed E-state index contributed by atoms with van der Waals surface area (Å²) in [6.07, 6.45) is 0.162. The monoisotopic (exact) mass is 308 g/mol. The minimum atomic E-state index is -0.372. The first-order chi connectivity index (χ1) is 9.54. The van der Waals surface area contributed by atoms with Crippen molar-refractivity contribution in [2.45, 2.75) is 18.2 Å². The van der Waals surface area contributed by atoms with Crippen LogP contribution in [0.3, 0.4) is 0 Å². The van der Waals surface area contributed by atoms with Crippen molar-refractivity contribution in [3.63, 3.8) is 0 Å². The molecule has 0 spiro atoms. The molecule has 0 aromatic heterocycles. The van der Waals surface area contributed by atoms with Crippen LogP contribution in [0, 0.1) is 12.7 Å². The first kappa shape index (κ1) is 15.1. The van der Waals surface area contributed by atoms with E-state index < -0.39 is 0 Å². The third kappa shape index (κ3) is 4.36. The molecule has 4 heteroatoms. The maximum Gasteiger partial charge on any atom is 0.147 e. The first-order valence-electron chi connectivity index (χ1n) is 6.19. The molecule has 0 saturated heterocycles. The number of hydrogen-bond donors (Lipinski definition) is 0. The standard InChI is InChI=1S/C16H14ClFOS/c1-11-2-5-15(6-3-11)20-10-14(19)9-12-8-13(18)4-7-16(12)17/h2-8H,9-10H2,1H3. The van der Waals surface area contributed by atoms with Crippen LogP contribution in [-0.2, 0) is 11.2 Å². The van der Waals surface area contributed by atoms with Crippen molar-refractivity contribution in [3.8, 4) is 0 Å². The van der Waals surface area contributed by atoms with Crippen LogP contribution in [0.4, 0.5) is 4.39 Å². The Bertz CT molecular complexity index is 610. The average Bonchev–Trinajstić information content (AvgIpc) is 2.42. The molecule has 0 aliphatic rings. The van der Waals surface area contributed by atoms with Gasteiger partial charge in [-0.2, -0.15) is 0 Å². The number of aryl methyl sites for hydroxylation is 1. The summed E-state index contributed by atoms with van der Waals surface area (Å²) in [6.45, 7) is 2.02. The van der Waals surface area contributed by atoms with E-state index >= 15 is 0 Å². The van der Waals surface area contributed by atoms with E-state index in [-0.39, 0.29) is 18.0 Å². The van der Waals surface area contributed by atoms with Gasteiger partial charge in [-0.05, 0) is 42.8 Å². The highest BCUT2D eigenvalue weighted by Crippen LogP contribution is 2.21. The number of Topliss-reactive ketones (excluding diaryl/α,β-unsaturated/α-hetero) is 1. The van der Waals surface area contributed by atoms with Crippen LogP contribution in [0.1, 0.15) is 11.1 Å². The Kier molecular flexibility index (Phi) is 5.21. The van der Waals surface area contributed by atoms with E-state index in [1.165, 1.54) is 35.5 Å². The van der Waals surface area contributed by atoms with Crippen molar-refractivity contribution in [2.75, 3.05) is 5.75 Å². The molecule has 20 heavy (non-hydrogen) atoms. The van der Waals surface area contributed by atoms with Gasteiger partial charge in [0.25, 0.3) is 0 Å². The van der Waals surface area contributed by atoms with Gasteiger partial charge in [0.15, 0.2) is 0 Å². The summed E-state index contributed by atoms with van der Waals surface area (Å²) in [5, 5.41) is 0.431. The second-order valence-electron chi connectivity index (χ2n) is 4.55. The van der Waals surface area contributed by atoms with Crippen LogP contribution in [0.2, 0.25) is 5.02 Å². The molecule has 2 aromatic rings. The number of halogens is 2. The number of carbonyl (C=O) groups is 1. The normalized spacial score (nSPS) is 10.6. The summed E-state index contributed by atoms with van der Waals surface area (Å²) >= 11 is 7.43.